The molecule has 0 fully saturated rings. The average molecular weight is 694 g/mol. The minimum Gasteiger partial charge on any atom is -0.309 e. The lowest BCUT2D eigenvalue weighted by Gasteiger charge is -2.14. The van der Waals surface area contributed by atoms with Crippen LogP contribution in [-0.2, 0) is 0 Å². The van der Waals surface area contributed by atoms with Crippen LogP contribution in [0.2, 0.25) is 0 Å². The number of nitrogens with zero attached hydrogens (tertiary/aromatic N) is 1. The Hall–Kier alpha value is -6.44. The summed E-state index contributed by atoms with van der Waals surface area (Å²) in [6.07, 6.45) is 1.25. The molecule has 1 heteroatoms. The number of hydrogen-bond donors (Lipinski definition) is 0. The molecule has 9 aromatic carbocycles. The Bertz CT molecular complexity index is 2980. The lowest BCUT2D eigenvalue weighted by atomic mass is 9.91. The number of aryl methyl sites for hydroxylation is 2. The largest absolute Gasteiger partial charge is 0.309 e. The molecule has 0 atom stereocenters. The summed E-state index contributed by atoms with van der Waals surface area (Å²) in [4.78, 5) is 0. The topological polar surface area (TPSA) is 4.93 Å². The molecule has 10 aromatic rings. The van der Waals surface area contributed by atoms with Gasteiger partial charge in [0.05, 0.1) is 11.0 Å². The van der Waals surface area contributed by atoms with Gasteiger partial charge < -0.3 is 4.57 Å². The van der Waals surface area contributed by atoms with Crippen LogP contribution >= 0.6 is 0 Å². The Kier molecular flexibility index (Phi) is 8.56. The molecule has 0 unspecified atom stereocenters. The number of aromatic nitrogens is 1. The summed E-state index contributed by atoms with van der Waals surface area (Å²) in [5.41, 5.74) is 13.6. The first kappa shape index (κ1) is 33.4. The lowest BCUT2D eigenvalue weighted by Crippen LogP contribution is -1.96. The van der Waals surface area contributed by atoms with Crippen LogP contribution in [0.5, 0.6) is 0 Å². The number of hydrogen-bond acceptors (Lipinski definition) is 0. The van der Waals surface area contributed by atoms with Crippen molar-refractivity contribution in [2.45, 2.75) is 34.1 Å². The molecule has 0 N–H and O–H groups in total. The van der Waals surface area contributed by atoms with E-state index < -0.39 is 0 Å². The normalized spacial score (nSPS) is 11.4. The molecule has 0 spiro atoms. The molecule has 0 amide bonds. The van der Waals surface area contributed by atoms with Crippen LogP contribution in [0.4, 0.5) is 0 Å². The van der Waals surface area contributed by atoms with E-state index in [-0.39, 0.29) is 0 Å². The fraction of sp³-hybridized carbons (Fsp3) is 0.0943. The van der Waals surface area contributed by atoms with E-state index >= 15 is 0 Å². The third-order valence-electron chi connectivity index (χ3n) is 10.9. The van der Waals surface area contributed by atoms with Gasteiger partial charge in [0, 0.05) is 16.5 Å². The van der Waals surface area contributed by atoms with Gasteiger partial charge in [-0.2, -0.15) is 0 Å². The van der Waals surface area contributed by atoms with Gasteiger partial charge in [0.1, 0.15) is 0 Å². The summed E-state index contributed by atoms with van der Waals surface area (Å²) < 4.78 is 2.43. The van der Waals surface area contributed by atoms with E-state index in [2.05, 4.69) is 208 Å². The fourth-order valence-corrected chi connectivity index (χ4v) is 8.31. The number of benzene rings is 9. The molecular weight excluding hydrogens is 651 g/mol. The van der Waals surface area contributed by atoms with Crippen LogP contribution < -0.4 is 0 Å². The highest BCUT2D eigenvalue weighted by Crippen LogP contribution is 2.40. The smallest absolute Gasteiger partial charge is 0.0541 e. The van der Waals surface area contributed by atoms with Gasteiger partial charge in [-0.1, -0.05) is 154 Å². The Morgan fingerprint density at radius 1 is 0.333 bits per heavy atom. The van der Waals surface area contributed by atoms with Gasteiger partial charge >= 0.3 is 0 Å². The molecule has 0 aliphatic carbocycles. The second-order valence-corrected chi connectivity index (χ2v) is 14.5. The van der Waals surface area contributed by atoms with Gasteiger partial charge in [0.15, 0.2) is 0 Å². The van der Waals surface area contributed by atoms with Crippen molar-refractivity contribution >= 4 is 54.1 Å². The van der Waals surface area contributed by atoms with E-state index in [0.717, 1.165) is 0 Å². The van der Waals surface area contributed by atoms with E-state index in [1.807, 2.05) is 0 Å². The quantitative estimate of drug-likeness (QED) is 0.162. The fourth-order valence-electron chi connectivity index (χ4n) is 8.31. The molecule has 0 saturated carbocycles. The first-order chi connectivity index (χ1) is 26.5. The van der Waals surface area contributed by atoms with Gasteiger partial charge in [-0.15, -0.1) is 0 Å². The maximum absolute atomic E-state index is 2.43. The van der Waals surface area contributed by atoms with E-state index in [4.69, 9.17) is 0 Å². The van der Waals surface area contributed by atoms with E-state index in [1.54, 1.807) is 0 Å². The molecule has 0 aliphatic heterocycles. The van der Waals surface area contributed by atoms with Crippen molar-refractivity contribution in [3.05, 3.63) is 187 Å². The average Bonchev–Trinajstić information content (AvgIpc) is 3.55. The highest BCUT2D eigenvalue weighted by molar-refractivity contribution is 6.25. The Morgan fingerprint density at radius 3 is 1.48 bits per heavy atom. The van der Waals surface area contributed by atoms with Crippen molar-refractivity contribution in [2.24, 2.45) is 0 Å². The van der Waals surface area contributed by atoms with Crippen molar-refractivity contribution in [1.29, 1.82) is 0 Å². The first-order valence-electron chi connectivity index (χ1n) is 19.2. The SMILES string of the molecule is CCC.Cc1ccccc1-c1cc(-n2c3ccccc3c3cc(-c4cccc(-c5ccc6c7ccccc7c7ccccc7c6c5)c4)ccc32)ccc1C. The summed E-state index contributed by atoms with van der Waals surface area (Å²) in [5, 5.41) is 10.3. The maximum Gasteiger partial charge on any atom is 0.0541 e. The standard InChI is InChI=1S/C50H35N.C3H8/c1-32-12-3-4-15-39(32)46-31-38(25-22-33(46)2)51-49-21-10-9-20-45(49)48-30-37(24-27-50(48)51)35-14-11-13-34(28-35)36-23-26-44-42-18-6-5-16-40(42)41-17-7-8-19-43(41)47(44)29-36;1-3-2/h3-31H,1-2H3;3H2,1-2H3. The Morgan fingerprint density at radius 2 is 0.815 bits per heavy atom. The molecule has 0 radical (unpaired) electrons. The molecule has 54 heavy (non-hydrogen) atoms. The summed E-state index contributed by atoms with van der Waals surface area (Å²) >= 11 is 0. The van der Waals surface area contributed by atoms with E-state index in [0.29, 0.717) is 0 Å². The van der Waals surface area contributed by atoms with Gasteiger partial charge in [-0.3, -0.25) is 0 Å². The van der Waals surface area contributed by atoms with Gasteiger partial charge in [-0.25, -0.2) is 0 Å². The third-order valence-corrected chi connectivity index (χ3v) is 10.9. The summed E-state index contributed by atoms with van der Waals surface area (Å²) in [6, 6.07) is 64.9. The first-order valence-corrected chi connectivity index (χ1v) is 19.2. The molecule has 260 valence electrons. The number of fused-ring (bicyclic) bond motifs is 9. The van der Waals surface area contributed by atoms with Crippen LogP contribution in [0.15, 0.2) is 176 Å². The maximum atomic E-state index is 2.43. The van der Waals surface area contributed by atoms with Gasteiger partial charge in [-0.05, 0) is 133 Å². The molecule has 10 rings (SSSR count). The zero-order chi connectivity index (χ0) is 36.8. The molecule has 1 aromatic heterocycles. The molecular formula is C53H43N. The minimum atomic E-state index is 1.18. The van der Waals surface area contributed by atoms with E-state index in [9.17, 15) is 0 Å². The van der Waals surface area contributed by atoms with Crippen molar-refractivity contribution in [1.82, 2.24) is 4.57 Å². The molecule has 1 nitrogen and oxygen atoms in total. The monoisotopic (exact) mass is 693 g/mol. The predicted molar refractivity (Wildman–Crippen MR) is 235 cm³/mol. The van der Waals surface area contributed by atoms with Crippen LogP contribution in [0.25, 0.3) is 93.2 Å². The highest BCUT2D eigenvalue weighted by atomic mass is 15.0. The van der Waals surface area contributed by atoms with E-state index in [1.165, 1.54) is 111 Å². The van der Waals surface area contributed by atoms with Crippen molar-refractivity contribution in [3.8, 4) is 39.1 Å². The van der Waals surface area contributed by atoms with Crippen molar-refractivity contribution < 1.29 is 0 Å². The lowest BCUT2D eigenvalue weighted by molar-refractivity contribution is 1.09. The molecule has 0 aliphatic rings. The van der Waals surface area contributed by atoms with Crippen LogP contribution in [0.1, 0.15) is 31.4 Å². The van der Waals surface area contributed by atoms with Crippen molar-refractivity contribution in [3.63, 3.8) is 0 Å². The van der Waals surface area contributed by atoms with Crippen LogP contribution in [0, 0.1) is 13.8 Å². The van der Waals surface area contributed by atoms with Crippen LogP contribution in [0.3, 0.4) is 0 Å². The molecule has 1 heterocycles. The summed E-state index contributed by atoms with van der Waals surface area (Å²) in [6.45, 7) is 8.65. The second kappa shape index (κ2) is 13.8. The Balaban J connectivity index is 0.00000124. The summed E-state index contributed by atoms with van der Waals surface area (Å²) in [5.74, 6) is 0. The third kappa shape index (κ3) is 5.65. The predicted octanol–water partition coefficient (Wildman–Crippen LogP) is 15.3. The zero-order valence-corrected chi connectivity index (χ0v) is 31.4. The summed E-state index contributed by atoms with van der Waals surface area (Å²) in [7, 11) is 0. The van der Waals surface area contributed by atoms with Crippen LogP contribution in [-0.4, -0.2) is 4.57 Å². The molecule has 0 saturated heterocycles. The van der Waals surface area contributed by atoms with Gasteiger partial charge in [0.2, 0.25) is 0 Å². The highest BCUT2D eigenvalue weighted by Gasteiger charge is 2.16. The second-order valence-electron chi connectivity index (χ2n) is 14.5. The molecule has 0 bridgehead atoms. The zero-order valence-electron chi connectivity index (χ0n) is 31.4. The number of para-hydroxylation sites is 1. The van der Waals surface area contributed by atoms with Crippen molar-refractivity contribution in [2.75, 3.05) is 0 Å². The Labute approximate surface area is 317 Å². The minimum absolute atomic E-state index is 1.18. The number of rotatable bonds is 4. The van der Waals surface area contributed by atoms with Gasteiger partial charge in [0.25, 0.3) is 0 Å².